The molecule has 1 aliphatic rings. The molecule has 106 valence electrons. The lowest BCUT2D eigenvalue weighted by atomic mass is 10.1. The van der Waals surface area contributed by atoms with Crippen molar-refractivity contribution in [2.24, 2.45) is 11.7 Å². The van der Waals surface area contributed by atoms with Crippen LogP contribution in [0.1, 0.15) is 51.1 Å². The number of amides is 1. The first-order chi connectivity index (χ1) is 9.10. The minimum Gasteiger partial charge on any atom is -0.352 e. The molecule has 4 heteroatoms. The molecule has 0 spiro atoms. The van der Waals surface area contributed by atoms with Crippen molar-refractivity contribution in [3.63, 3.8) is 0 Å². The van der Waals surface area contributed by atoms with Gasteiger partial charge in [-0.1, -0.05) is 13.3 Å². The zero-order valence-corrected chi connectivity index (χ0v) is 11.9. The lowest BCUT2D eigenvalue weighted by Crippen LogP contribution is -2.34. The van der Waals surface area contributed by atoms with E-state index in [-0.39, 0.29) is 18.0 Å². The van der Waals surface area contributed by atoms with E-state index in [0.717, 1.165) is 18.4 Å². The molecule has 19 heavy (non-hydrogen) atoms. The standard InChI is InChI=1S/C15H25N3O/c1-3-4-11(2)17-14(19)10-18-8-7-13(9-18)15(16)12-5-6-12/h7-9,11-12,15H,3-6,10,16H2,1-2H3,(H,17,19). The average Bonchev–Trinajstić information content (AvgIpc) is 3.09. The molecule has 0 aromatic carbocycles. The number of nitrogens with one attached hydrogen (secondary N) is 1. The molecule has 2 atom stereocenters. The van der Waals surface area contributed by atoms with Crippen molar-refractivity contribution < 1.29 is 4.79 Å². The van der Waals surface area contributed by atoms with E-state index in [1.807, 2.05) is 30.0 Å². The van der Waals surface area contributed by atoms with Gasteiger partial charge in [0, 0.05) is 24.5 Å². The molecule has 1 aromatic rings. The minimum absolute atomic E-state index is 0.0723. The number of carbonyl (C=O) groups is 1. The summed E-state index contributed by atoms with van der Waals surface area (Å²) < 4.78 is 1.92. The predicted molar refractivity (Wildman–Crippen MR) is 76.6 cm³/mol. The van der Waals surface area contributed by atoms with Crippen LogP contribution in [0.25, 0.3) is 0 Å². The van der Waals surface area contributed by atoms with E-state index in [0.29, 0.717) is 12.5 Å². The number of nitrogens with two attached hydrogens (primary N) is 1. The highest BCUT2D eigenvalue weighted by Gasteiger charge is 2.29. The van der Waals surface area contributed by atoms with E-state index in [4.69, 9.17) is 5.73 Å². The van der Waals surface area contributed by atoms with Crippen molar-refractivity contribution in [2.75, 3.05) is 0 Å². The van der Waals surface area contributed by atoms with E-state index in [2.05, 4.69) is 12.2 Å². The van der Waals surface area contributed by atoms with Gasteiger partial charge in [0.1, 0.15) is 6.54 Å². The van der Waals surface area contributed by atoms with Gasteiger partial charge in [0.25, 0.3) is 0 Å². The number of rotatable bonds is 7. The maximum atomic E-state index is 11.9. The maximum absolute atomic E-state index is 11.9. The summed E-state index contributed by atoms with van der Waals surface area (Å²) in [7, 11) is 0. The van der Waals surface area contributed by atoms with E-state index in [9.17, 15) is 4.79 Å². The second kappa shape index (κ2) is 6.24. The summed E-state index contributed by atoms with van der Waals surface area (Å²) in [5, 5.41) is 3.01. The lowest BCUT2D eigenvalue weighted by molar-refractivity contribution is -0.122. The van der Waals surface area contributed by atoms with Crippen LogP contribution in [0, 0.1) is 5.92 Å². The fourth-order valence-corrected chi connectivity index (χ4v) is 2.47. The van der Waals surface area contributed by atoms with E-state index >= 15 is 0 Å². The molecule has 1 saturated carbocycles. The molecule has 2 rings (SSSR count). The zero-order valence-electron chi connectivity index (χ0n) is 11.9. The Morgan fingerprint density at radius 1 is 1.58 bits per heavy atom. The number of hydrogen-bond acceptors (Lipinski definition) is 2. The van der Waals surface area contributed by atoms with Crippen LogP contribution in [-0.4, -0.2) is 16.5 Å². The summed E-state index contributed by atoms with van der Waals surface area (Å²) in [4.78, 5) is 11.9. The predicted octanol–water partition coefficient (Wildman–Crippen LogP) is 2.20. The number of hydrogen-bond donors (Lipinski definition) is 2. The van der Waals surface area contributed by atoms with Gasteiger partial charge in [0.15, 0.2) is 0 Å². The Labute approximate surface area is 115 Å². The summed E-state index contributed by atoms with van der Waals surface area (Å²) in [6.07, 6.45) is 8.54. The second-order valence-electron chi connectivity index (χ2n) is 5.74. The van der Waals surface area contributed by atoms with Crippen LogP contribution < -0.4 is 11.1 Å². The number of carbonyl (C=O) groups excluding carboxylic acids is 1. The highest BCUT2D eigenvalue weighted by Crippen LogP contribution is 2.39. The highest BCUT2D eigenvalue weighted by molar-refractivity contribution is 5.76. The zero-order chi connectivity index (χ0) is 13.8. The highest BCUT2D eigenvalue weighted by atomic mass is 16.2. The first kappa shape index (κ1) is 14.1. The van der Waals surface area contributed by atoms with Crippen LogP contribution in [0.3, 0.4) is 0 Å². The fraction of sp³-hybridized carbons (Fsp3) is 0.667. The maximum Gasteiger partial charge on any atom is 0.240 e. The number of aromatic nitrogens is 1. The third kappa shape index (κ3) is 4.10. The molecule has 1 amide bonds. The van der Waals surface area contributed by atoms with Crippen LogP contribution >= 0.6 is 0 Å². The molecule has 1 aliphatic carbocycles. The van der Waals surface area contributed by atoms with Gasteiger partial charge in [-0.3, -0.25) is 4.79 Å². The van der Waals surface area contributed by atoms with Crippen LogP contribution in [-0.2, 0) is 11.3 Å². The monoisotopic (exact) mass is 263 g/mol. The first-order valence-corrected chi connectivity index (χ1v) is 7.30. The summed E-state index contributed by atoms with van der Waals surface area (Å²) >= 11 is 0. The van der Waals surface area contributed by atoms with Crippen molar-refractivity contribution >= 4 is 5.91 Å². The molecule has 0 bridgehead atoms. The molecule has 0 aliphatic heterocycles. The summed E-state index contributed by atoms with van der Waals surface area (Å²) in [6, 6.07) is 2.43. The third-order valence-electron chi connectivity index (χ3n) is 3.74. The van der Waals surface area contributed by atoms with E-state index < -0.39 is 0 Å². The Balaban J connectivity index is 1.83. The van der Waals surface area contributed by atoms with Gasteiger partial charge in [0.2, 0.25) is 5.91 Å². The van der Waals surface area contributed by atoms with Crippen LogP contribution in [0.4, 0.5) is 0 Å². The van der Waals surface area contributed by atoms with Crippen LogP contribution in [0.5, 0.6) is 0 Å². The smallest absolute Gasteiger partial charge is 0.240 e. The Kier molecular flexibility index (Phi) is 4.64. The molecule has 0 radical (unpaired) electrons. The Hall–Kier alpha value is -1.29. The van der Waals surface area contributed by atoms with E-state index in [1.54, 1.807) is 0 Å². The summed E-state index contributed by atoms with van der Waals surface area (Å²) in [5.41, 5.74) is 7.30. The SMILES string of the molecule is CCCC(C)NC(=O)Cn1ccc(C(N)C2CC2)c1. The minimum atomic E-state index is 0.0723. The molecule has 2 unspecified atom stereocenters. The van der Waals surface area contributed by atoms with Gasteiger partial charge < -0.3 is 15.6 Å². The largest absolute Gasteiger partial charge is 0.352 e. The number of nitrogens with zero attached hydrogens (tertiary/aromatic N) is 1. The van der Waals surface area contributed by atoms with Crippen LogP contribution in [0.2, 0.25) is 0 Å². The lowest BCUT2D eigenvalue weighted by Gasteiger charge is -2.13. The van der Waals surface area contributed by atoms with Crippen LogP contribution in [0.15, 0.2) is 18.5 Å². The second-order valence-corrected chi connectivity index (χ2v) is 5.74. The van der Waals surface area contributed by atoms with Gasteiger partial charge in [-0.25, -0.2) is 0 Å². The molecular weight excluding hydrogens is 238 g/mol. The molecule has 4 nitrogen and oxygen atoms in total. The molecule has 0 saturated heterocycles. The Morgan fingerprint density at radius 2 is 2.32 bits per heavy atom. The molecule has 1 heterocycles. The quantitative estimate of drug-likeness (QED) is 0.792. The normalized spacial score (nSPS) is 18.1. The van der Waals surface area contributed by atoms with Gasteiger partial charge in [-0.05, 0) is 43.7 Å². The van der Waals surface area contributed by atoms with Crippen molar-refractivity contribution in [2.45, 2.75) is 58.2 Å². The Morgan fingerprint density at radius 3 is 2.95 bits per heavy atom. The van der Waals surface area contributed by atoms with Crippen molar-refractivity contribution in [3.05, 3.63) is 24.0 Å². The first-order valence-electron chi connectivity index (χ1n) is 7.30. The van der Waals surface area contributed by atoms with Crippen molar-refractivity contribution in [1.82, 2.24) is 9.88 Å². The summed E-state index contributed by atoms with van der Waals surface area (Å²) in [5.74, 6) is 0.720. The third-order valence-corrected chi connectivity index (χ3v) is 3.74. The fourth-order valence-electron chi connectivity index (χ4n) is 2.47. The summed E-state index contributed by atoms with van der Waals surface area (Å²) in [6.45, 7) is 4.55. The molecule has 3 N–H and O–H groups in total. The van der Waals surface area contributed by atoms with Gasteiger partial charge in [-0.2, -0.15) is 0 Å². The van der Waals surface area contributed by atoms with Crippen molar-refractivity contribution in [3.8, 4) is 0 Å². The molecule has 1 fully saturated rings. The van der Waals surface area contributed by atoms with Gasteiger partial charge in [0.05, 0.1) is 0 Å². The average molecular weight is 263 g/mol. The molecular formula is C15H25N3O. The van der Waals surface area contributed by atoms with Crippen molar-refractivity contribution in [1.29, 1.82) is 0 Å². The Bertz CT molecular complexity index is 423. The van der Waals surface area contributed by atoms with Gasteiger partial charge >= 0.3 is 0 Å². The van der Waals surface area contributed by atoms with Gasteiger partial charge in [-0.15, -0.1) is 0 Å². The van der Waals surface area contributed by atoms with E-state index in [1.165, 1.54) is 12.8 Å². The topological polar surface area (TPSA) is 60.0 Å². The molecule has 1 aromatic heterocycles.